The topological polar surface area (TPSA) is 51.5 Å². The maximum Gasteiger partial charge on any atom is 0.416 e. The zero-order valence-electron chi connectivity index (χ0n) is 14.4. The van der Waals surface area contributed by atoms with Crippen molar-refractivity contribution in [1.29, 1.82) is 0 Å². The molecule has 3 rings (SSSR count). The van der Waals surface area contributed by atoms with Gasteiger partial charge in [-0.2, -0.15) is 13.2 Å². The largest absolute Gasteiger partial charge is 0.493 e. The van der Waals surface area contributed by atoms with Crippen molar-refractivity contribution >= 4 is 16.9 Å². The summed E-state index contributed by atoms with van der Waals surface area (Å²) in [5, 5.41) is 9.62. The Kier molecular flexibility index (Phi) is 5.39. The van der Waals surface area contributed by atoms with E-state index in [1.54, 1.807) is 24.4 Å². The molecule has 2 aromatic carbocycles. The van der Waals surface area contributed by atoms with E-state index in [1.165, 1.54) is 12.1 Å². The van der Waals surface area contributed by atoms with Gasteiger partial charge in [0.1, 0.15) is 5.75 Å². The third-order valence-electron chi connectivity index (χ3n) is 4.29. The third-order valence-corrected chi connectivity index (χ3v) is 4.29. The molecule has 0 saturated heterocycles. The zero-order valence-corrected chi connectivity index (χ0v) is 14.4. The summed E-state index contributed by atoms with van der Waals surface area (Å²) in [6.07, 6.45) is -2.48. The molecule has 1 heterocycles. The summed E-state index contributed by atoms with van der Waals surface area (Å²) in [6.45, 7) is 0.438. The van der Waals surface area contributed by atoms with Crippen molar-refractivity contribution in [3.05, 3.63) is 65.9 Å². The Bertz CT molecular complexity index is 947. The number of nitrogens with zero attached hydrogens (tertiary/aromatic N) is 1. The Labute approximate surface area is 153 Å². The number of rotatable bonds is 7. The number of alkyl halides is 3. The second-order valence-corrected chi connectivity index (χ2v) is 6.10. The number of ether oxygens (including phenoxy) is 1. The lowest BCUT2D eigenvalue weighted by atomic mass is 10.0. The monoisotopic (exact) mass is 377 g/mol. The van der Waals surface area contributed by atoms with Crippen molar-refractivity contribution in [3.8, 4) is 5.75 Å². The van der Waals surface area contributed by atoms with Gasteiger partial charge in [0.25, 0.3) is 0 Å². The van der Waals surface area contributed by atoms with Gasteiger partial charge in [-0.05, 0) is 29.8 Å². The number of aromatic nitrogens is 1. The smallest absolute Gasteiger partial charge is 0.416 e. The van der Waals surface area contributed by atoms with Gasteiger partial charge in [-0.25, -0.2) is 0 Å². The predicted octanol–water partition coefficient (Wildman–Crippen LogP) is 4.76. The van der Waals surface area contributed by atoms with Crippen LogP contribution in [0.4, 0.5) is 13.2 Å². The molecule has 0 aliphatic carbocycles. The molecular formula is C20H18F3NO3. The fraction of sp³-hybridized carbons (Fsp3) is 0.250. The average molecular weight is 377 g/mol. The molecule has 3 aromatic rings. The standard InChI is InChI=1S/C20H18F3NO3/c21-20(22,23)16-5-2-1-4-14(16)10-13-27-18-7-3-6-17-15(18)8-11-24(17)12-9-19(25)26/h1-8,11H,9-10,12-13H2,(H,25,26). The Morgan fingerprint density at radius 2 is 1.85 bits per heavy atom. The molecule has 0 atom stereocenters. The Balaban J connectivity index is 1.72. The van der Waals surface area contributed by atoms with Crippen molar-refractivity contribution in [2.24, 2.45) is 0 Å². The van der Waals surface area contributed by atoms with Crippen LogP contribution in [0, 0.1) is 0 Å². The fourth-order valence-corrected chi connectivity index (χ4v) is 3.02. The molecule has 0 fully saturated rings. The van der Waals surface area contributed by atoms with Gasteiger partial charge in [0, 0.05) is 24.5 Å². The van der Waals surface area contributed by atoms with Crippen LogP contribution in [-0.2, 0) is 23.9 Å². The SMILES string of the molecule is O=C(O)CCn1ccc2c(OCCc3ccccc3C(F)(F)F)cccc21. The molecule has 27 heavy (non-hydrogen) atoms. The molecule has 0 saturated carbocycles. The van der Waals surface area contributed by atoms with Crippen LogP contribution in [0.5, 0.6) is 5.75 Å². The lowest BCUT2D eigenvalue weighted by Gasteiger charge is -2.13. The average Bonchev–Trinajstić information content (AvgIpc) is 3.03. The van der Waals surface area contributed by atoms with Gasteiger partial charge >= 0.3 is 12.1 Å². The van der Waals surface area contributed by atoms with Crippen LogP contribution in [0.1, 0.15) is 17.5 Å². The van der Waals surface area contributed by atoms with Gasteiger partial charge in [-0.15, -0.1) is 0 Å². The minimum absolute atomic E-state index is 0.00307. The summed E-state index contributed by atoms with van der Waals surface area (Å²) in [5.41, 5.74) is 0.368. The highest BCUT2D eigenvalue weighted by molar-refractivity contribution is 5.86. The number of halogens is 3. The summed E-state index contributed by atoms with van der Waals surface area (Å²) in [7, 11) is 0. The first-order chi connectivity index (χ1) is 12.9. The van der Waals surface area contributed by atoms with Crippen LogP contribution in [0.2, 0.25) is 0 Å². The maximum atomic E-state index is 13.1. The van der Waals surface area contributed by atoms with Gasteiger partial charge in [0.2, 0.25) is 0 Å². The van der Waals surface area contributed by atoms with Crippen molar-refractivity contribution in [2.45, 2.75) is 25.6 Å². The van der Waals surface area contributed by atoms with E-state index in [1.807, 2.05) is 16.7 Å². The Hall–Kier alpha value is -2.96. The van der Waals surface area contributed by atoms with Crippen LogP contribution < -0.4 is 4.74 Å². The van der Waals surface area contributed by atoms with E-state index in [-0.39, 0.29) is 25.0 Å². The Morgan fingerprint density at radius 3 is 2.59 bits per heavy atom. The van der Waals surface area contributed by atoms with Crippen LogP contribution in [0.3, 0.4) is 0 Å². The van der Waals surface area contributed by atoms with Gasteiger partial charge < -0.3 is 14.4 Å². The first-order valence-corrected chi connectivity index (χ1v) is 8.44. The van der Waals surface area contributed by atoms with Gasteiger partial charge in [0.15, 0.2) is 0 Å². The molecular weight excluding hydrogens is 359 g/mol. The quantitative estimate of drug-likeness (QED) is 0.646. The molecule has 0 aliphatic heterocycles. The first-order valence-electron chi connectivity index (χ1n) is 8.44. The van der Waals surface area contributed by atoms with E-state index in [0.29, 0.717) is 12.3 Å². The van der Waals surface area contributed by atoms with Crippen molar-refractivity contribution in [1.82, 2.24) is 4.57 Å². The number of hydrogen-bond acceptors (Lipinski definition) is 2. The summed E-state index contributed by atoms with van der Waals surface area (Å²) >= 11 is 0. The minimum atomic E-state index is -4.39. The number of hydrogen-bond donors (Lipinski definition) is 1. The molecule has 0 aliphatic rings. The highest BCUT2D eigenvalue weighted by Gasteiger charge is 2.32. The summed E-state index contributed by atoms with van der Waals surface area (Å²) in [5.74, 6) is -0.321. The number of benzene rings is 2. The molecule has 0 bridgehead atoms. The molecule has 4 nitrogen and oxygen atoms in total. The summed E-state index contributed by atoms with van der Waals surface area (Å²) in [6, 6.07) is 12.7. The normalized spacial score (nSPS) is 11.7. The highest BCUT2D eigenvalue weighted by Crippen LogP contribution is 2.32. The fourth-order valence-electron chi connectivity index (χ4n) is 3.02. The summed E-state index contributed by atoms with van der Waals surface area (Å²) in [4.78, 5) is 10.8. The zero-order chi connectivity index (χ0) is 19.4. The molecule has 0 unspecified atom stereocenters. The van der Waals surface area contributed by atoms with E-state index in [4.69, 9.17) is 9.84 Å². The van der Waals surface area contributed by atoms with Gasteiger partial charge in [-0.1, -0.05) is 24.3 Å². The van der Waals surface area contributed by atoms with E-state index in [0.717, 1.165) is 17.0 Å². The van der Waals surface area contributed by atoms with E-state index < -0.39 is 17.7 Å². The minimum Gasteiger partial charge on any atom is -0.493 e. The number of aliphatic carboxylic acids is 1. The second-order valence-electron chi connectivity index (χ2n) is 6.10. The van der Waals surface area contributed by atoms with Crippen molar-refractivity contribution in [3.63, 3.8) is 0 Å². The number of fused-ring (bicyclic) bond motifs is 1. The molecule has 1 N–H and O–H groups in total. The molecule has 1 aromatic heterocycles. The molecule has 7 heteroatoms. The lowest BCUT2D eigenvalue weighted by molar-refractivity contribution is -0.138. The molecule has 0 radical (unpaired) electrons. The van der Waals surface area contributed by atoms with Crippen LogP contribution in [0.25, 0.3) is 10.9 Å². The maximum absolute atomic E-state index is 13.1. The third kappa shape index (κ3) is 4.42. The van der Waals surface area contributed by atoms with Crippen molar-refractivity contribution < 1.29 is 27.8 Å². The van der Waals surface area contributed by atoms with E-state index in [2.05, 4.69) is 0 Å². The number of carbonyl (C=O) groups is 1. The van der Waals surface area contributed by atoms with E-state index in [9.17, 15) is 18.0 Å². The lowest BCUT2D eigenvalue weighted by Crippen LogP contribution is -2.11. The van der Waals surface area contributed by atoms with Crippen molar-refractivity contribution in [2.75, 3.05) is 6.61 Å². The van der Waals surface area contributed by atoms with Crippen LogP contribution in [-0.4, -0.2) is 22.2 Å². The first kappa shape index (κ1) is 18.8. The molecule has 0 amide bonds. The number of carboxylic acid groups (broad SMARTS) is 1. The van der Waals surface area contributed by atoms with E-state index >= 15 is 0 Å². The number of carboxylic acids is 1. The second kappa shape index (κ2) is 7.73. The number of aryl methyl sites for hydroxylation is 1. The highest BCUT2D eigenvalue weighted by atomic mass is 19.4. The summed E-state index contributed by atoms with van der Waals surface area (Å²) < 4.78 is 46.7. The van der Waals surface area contributed by atoms with Crippen LogP contribution in [0.15, 0.2) is 54.7 Å². The van der Waals surface area contributed by atoms with Crippen LogP contribution >= 0.6 is 0 Å². The van der Waals surface area contributed by atoms with Gasteiger partial charge in [0.05, 0.1) is 24.1 Å². The molecule has 142 valence electrons. The Morgan fingerprint density at radius 1 is 1.07 bits per heavy atom. The molecule has 0 spiro atoms. The predicted molar refractivity (Wildman–Crippen MR) is 94.8 cm³/mol. The van der Waals surface area contributed by atoms with Gasteiger partial charge in [-0.3, -0.25) is 4.79 Å².